The van der Waals surface area contributed by atoms with Crippen LogP contribution in [0.15, 0.2) is 42.2 Å². The molecule has 24 heavy (non-hydrogen) atoms. The van der Waals surface area contributed by atoms with Crippen molar-refractivity contribution in [3.8, 4) is 5.75 Å². The van der Waals surface area contributed by atoms with E-state index >= 15 is 0 Å². The molecule has 1 fully saturated rings. The van der Waals surface area contributed by atoms with Gasteiger partial charge in [-0.2, -0.15) is 0 Å². The summed E-state index contributed by atoms with van der Waals surface area (Å²) in [7, 11) is 0. The first kappa shape index (κ1) is 16.9. The van der Waals surface area contributed by atoms with Crippen LogP contribution in [-0.4, -0.2) is 39.7 Å². The number of phenolic OH excluding ortho intramolecular Hbond substituents is 1. The van der Waals surface area contributed by atoms with Gasteiger partial charge in [-0.15, -0.1) is 0 Å². The molecule has 1 heterocycles. The van der Waals surface area contributed by atoms with Crippen LogP contribution in [0.3, 0.4) is 0 Å². The number of carbonyl (C=O) groups excluding carboxylic acids is 1. The molecule has 1 aliphatic carbocycles. The molecule has 0 unspecified atom stereocenters. The second-order valence-corrected chi connectivity index (χ2v) is 6.67. The van der Waals surface area contributed by atoms with E-state index in [0.717, 1.165) is 25.0 Å². The van der Waals surface area contributed by atoms with Crippen LogP contribution in [0, 0.1) is 0 Å². The maximum absolute atomic E-state index is 12.1. The summed E-state index contributed by atoms with van der Waals surface area (Å²) >= 11 is 5.89. The fraction of sp³-hybridized carbons (Fsp3) is 0.389. The van der Waals surface area contributed by atoms with Crippen LogP contribution in [0.25, 0.3) is 0 Å². The Balaban J connectivity index is 1.55. The number of hydrogen-bond donors (Lipinski definition) is 3. The molecule has 6 heteroatoms. The standard InChI is InChI=1S/C18H21ClN2O3/c19-13-4-5-16(22)12(10-13)11-18(24)20-14-6-8-21(9-7-14)15-2-1-3-17(15)23/h4-8,10,15,17,22-23H,1-3,9,11H2,(H,20,24)/t15-,17-/m1/s1. The molecule has 1 aliphatic heterocycles. The lowest BCUT2D eigenvalue weighted by atomic mass is 10.1. The van der Waals surface area contributed by atoms with Crippen molar-refractivity contribution in [3.05, 3.63) is 52.8 Å². The van der Waals surface area contributed by atoms with Crippen molar-refractivity contribution < 1.29 is 15.0 Å². The molecule has 1 aromatic rings. The molecule has 2 atom stereocenters. The number of halogens is 1. The maximum Gasteiger partial charge on any atom is 0.228 e. The Bertz CT molecular complexity index is 687. The Morgan fingerprint density at radius 1 is 1.38 bits per heavy atom. The average Bonchev–Trinajstić information content (AvgIpc) is 2.98. The van der Waals surface area contributed by atoms with E-state index in [0.29, 0.717) is 17.1 Å². The Labute approximate surface area is 146 Å². The number of phenols is 1. The molecular weight excluding hydrogens is 328 g/mol. The molecule has 1 aromatic carbocycles. The Kier molecular flexibility index (Phi) is 5.11. The second-order valence-electron chi connectivity index (χ2n) is 6.24. The minimum Gasteiger partial charge on any atom is -0.508 e. The van der Waals surface area contributed by atoms with Crippen molar-refractivity contribution in [2.45, 2.75) is 37.8 Å². The van der Waals surface area contributed by atoms with Gasteiger partial charge in [0.25, 0.3) is 0 Å². The molecule has 1 amide bonds. The van der Waals surface area contributed by atoms with Gasteiger partial charge in [0.2, 0.25) is 5.91 Å². The SMILES string of the molecule is O=C(Cc1cc(Cl)ccc1O)NC1=CCN([C@@H]2CCC[C@H]2O)C=C1. The van der Waals surface area contributed by atoms with Crippen molar-refractivity contribution in [3.63, 3.8) is 0 Å². The van der Waals surface area contributed by atoms with Crippen LogP contribution >= 0.6 is 11.6 Å². The first-order valence-corrected chi connectivity index (χ1v) is 8.50. The van der Waals surface area contributed by atoms with E-state index in [1.165, 1.54) is 6.07 Å². The normalized spacial score (nSPS) is 23.2. The highest BCUT2D eigenvalue weighted by Crippen LogP contribution is 2.26. The third-order valence-corrected chi connectivity index (χ3v) is 4.75. The van der Waals surface area contributed by atoms with Gasteiger partial charge in [0.15, 0.2) is 0 Å². The molecule has 3 rings (SSSR count). The summed E-state index contributed by atoms with van der Waals surface area (Å²) < 4.78 is 0. The third-order valence-electron chi connectivity index (χ3n) is 4.51. The number of allylic oxidation sites excluding steroid dienone is 1. The van der Waals surface area contributed by atoms with Gasteiger partial charge in [0, 0.05) is 29.0 Å². The zero-order valence-corrected chi connectivity index (χ0v) is 14.0. The zero-order valence-electron chi connectivity index (χ0n) is 13.3. The molecule has 128 valence electrons. The molecule has 0 saturated heterocycles. The van der Waals surface area contributed by atoms with E-state index in [1.807, 2.05) is 18.4 Å². The van der Waals surface area contributed by atoms with Crippen LogP contribution in [0.2, 0.25) is 5.02 Å². The van der Waals surface area contributed by atoms with E-state index in [9.17, 15) is 15.0 Å². The maximum atomic E-state index is 12.1. The molecule has 0 radical (unpaired) electrons. The van der Waals surface area contributed by atoms with E-state index in [1.54, 1.807) is 12.1 Å². The van der Waals surface area contributed by atoms with Gasteiger partial charge in [-0.3, -0.25) is 4.79 Å². The quantitative estimate of drug-likeness (QED) is 0.781. The van der Waals surface area contributed by atoms with Gasteiger partial charge >= 0.3 is 0 Å². The molecule has 0 spiro atoms. The first-order chi connectivity index (χ1) is 11.5. The van der Waals surface area contributed by atoms with Gasteiger partial charge < -0.3 is 20.4 Å². The molecule has 5 nitrogen and oxygen atoms in total. The van der Waals surface area contributed by atoms with E-state index in [-0.39, 0.29) is 30.2 Å². The van der Waals surface area contributed by atoms with Crippen molar-refractivity contribution in [1.29, 1.82) is 0 Å². The molecule has 2 aliphatic rings. The summed E-state index contributed by atoms with van der Waals surface area (Å²) in [4.78, 5) is 14.2. The number of hydrogen-bond acceptors (Lipinski definition) is 4. The molecule has 0 aromatic heterocycles. The molecular formula is C18H21ClN2O3. The second kappa shape index (κ2) is 7.28. The molecule has 0 bridgehead atoms. The fourth-order valence-electron chi connectivity index (χ4n) is 3.23. The summed E-state index contributed by atoms with van der Waals surface area (Å²) in [6, 6.07) is 4.81. The molecule has 3 N–H and O–H groups in total. The highest BCUT2D eigenvalue weighted by atomic mass is 35.5. The third kappa shape index (κ3) is 3.91. The summed E-state index contributed by atoms with van der Waals surface area (Å²) in [5, 5.41) is 23.1. The van der Waals surface area contributed by atoms with Crippen LogP contribution in [0.4, 0.5) is 0 Å². The minimum absolute atomic E-state index is 0.0582. The lowest BCUT2D eigenvalue weighted by molar-refractivity contribution is -0.119. The number of nitrogens with zero attached hydrogens (tertiary/aromatic N) is 1. The van der Waals surface area contributed by atoms with Gasteiger partial charge in [-0.1, -0.05) is 11.6 Å². The van der Waals surface area contributed by atoms with Crippen LogP contribution < -0.4 is 5.32 Å². The van der Waals surface area contributed by atoms with Crippen molar-refractivity contribution >= 4 is 17.5 Å². The number of rotatable bonds is 4. The molecule has 1 saturated carbocycles. The number of carbonyl (C=O) groups is 1. The minimum atomic E-state index is -0.273. The van der Waals surface area contributed by atoms with Crippen LogP contribution in [0.1, 0.15) is 24.8 Å². The highest BCUT2D eigenvalue weighted by Gasteiger charge is 2.29. The van der Waals surface area contributed by atoms with Crippen LogP contribution in [0.5, 0.6) is 5.75 Å². The number of aromatic hydroxyl groups is 1. The lowest BCUT2D eigenvalue weighted by Crippen LogP contribution is -2.38. The van der Waals surface area contributed by atoms with Gasteiger partial charge in [-0.05, 0) is 49.6 Å². The predicted octanol–water partition coefficient (Wildman–Crippen LogP) is 2.33. The smallest absolute Gasteiger partial charge is 0.228 e. The largest absolute Gasteiger partial charge is 0.508 e. The van der Waals surface area contributed by atoms with E-state index < -0.39 is 0 Å². The van der Waals surface area contributed by atoms with Crippen molar-refractivity contribution in [2.75, 3.05) is 6.54 Å². The van der Waals surface area contributed by atoms with Crippen molar-refractivity contribution in [1.82, 2.24) is 10.2 Å². The highest BCUT2D eigenvalue weighted by molar-refractivity contribution is 6.30. The monoisotopic (exact) mass is 348 g/mol. The number of amides is 1. The Hall–Kier alpha value is -1.98. The van der Waals surface area contributed by atoms with Crippen LogP contribution in [-0.2, 0) is 11.2 Å². The van der Waals surface area contributed by atoms with Gasteiger partial charge in [0.05, 0.1) is 18.6 Å². The fourth-order valence-corrected chi connectivity index (χ4v) is 3.42. The number of aliphatic hydroxyl groups excluding tert-OH is 1. The summed E-state index contributed by atoms with van der Waals surface area (Å²) in [6.45, 7) is 0.663. The average molecular weight is 349 g/mol. The summed E-state index contributed by atoms with van der Waals surface area (Å²) in [5.74, 6) is -0.151. The van der Waals surface area contributed by atoms with E-state index in [2.05, 4.69) is 10.2 Å². The summed E-state index contributed by atoms with van der Waals surface area (Å²) in [5.41, 5.74) is 1.22. The zero-order chi connectivity index (χ0) is 17.1. The van der Waals surface area contributed by atoms with Gasteiger partial charge in [0.1, 0.15) is 5.75 Å². The topological polar surface area (TPSA) is 72.8 Å². The Morgan fingerprint density at radius 3 is 2.88 bits per heavy atom. The Morgan fingerprint density at radius 2 is 2.21 bits per heavy atom. The number of benzene rings is 1. The van der Waals surface area contributed by atoms with Crippen molar-refractivity contribution in [2.24, 2.45) is 0 Å². The number of aliphatic hydroxyl groups is 1. The first-order valence-electron chi connectivity index (χ1n) is 8.12. The predicted molar refractivity (Wildman–Crippen MR) is 92.5 cm³/mol. The number of nitrogens with one attached hydrogen (secondary N) is 1. The van der Waals surface area contributed by atoms with E-state index in [4.69, 9.17) is 11.6 Å². The summed E-state index contributed by atoms with van der Waals surface area (Å²) in [6.07, 6.45) is 8.37. The lowest BCUT2D eigenvalue weighted by Gasteiger charge is -2.31. The van der Waals surface area contributed by atoms with Gasteiger partial charge in [-0.25, -0.2) is 0 Å².